The van der Waals surface area contributed by atoms with E-state index >= 15 is 0 Å². The highest BCUT2D eigenvalue weighted by Gasteiger charge is 2.24. The zero-order valence-corrected chi connectivity index (χ0v) is 14.1. The van der Waals surface area contributed by atoms with Crippen LogP contribution in [0.1, 0.15) is 45.7 Å². The van der Waals surface area contributed by atoms with Gasteiger partial charge >= 0.3 is 0 Å². The summed E-state index contributed by atoms with van der Waals surface area (Å²) in [7, 11) is 0. The Morgan fingerprint density at radius 3 is 2.50 bits per heavy atom. The highest BCUT2D eigenvalue weighted by atomic mass is 32.2. The van der Waals surface area contributed by atoms with Crippen molar-refractivity contribution in [1.82, 2.24) is 9.97 Å². The molecule has 1 N–H and O–H groups in total. The van der Waals surface area contributed by atoms with Crippen LogP contribution in [-0.2, 0) is 0 Å². The van der Waals surface area contributed by atoms with Crippen molar-refractivity contribution >= 4 is 17.7 Å². The van der Waals surface area contributed by atoms with Gasteiger partial charge in [0, 0.05) is 23.1 Å². The van der Waals surface area contributed by atoms with Gasteiger partial charge in [-0.15, -0.1) is 0 Å². The topological polar surface area (TPSA) is 47.0 Å². The van der Waals surface area contributed by atoms with Gasteiger partial charge in [0.05, 0.1) is 6.61 Å². The first-order valence-corrected chi connectivity index (χ1v) is 8.59. The largest absolute Gasteiger partial charge is 0.478 e. The maximum atomic E-state index is 5.59. The molecule has 0 bridgehead atoms. The quantitative estimate of drug-likeness (QED) is 0.749. The fraction of sp³-hybridized carbons (Fsp3) is 0.733. The van der Waals surface area contributed by atoms with Crippen molar-refractivity contribution in [2.75, 3.05) is 24.7 Å². The summed E-state index contributed by atoms with van der Waals surface area (Å²) < 4.78 is 5.84. The number of anilines is 1. The van der Waals surface area contributed by atoms with Crippen molar-refractivity contribution in [3.8, 4) is 5.88 Å². The molecule has 20 heavy (non-hydrogen) atoms. The van der Waals surface area contributed by atoms with Gasteiger partial charge in [0.25, 0.3) is 0 Å². The number of aromatic nitrogens is 2. The number of nitrogens with zero attached hydrogens (tertiary/aromatic N) is 2. The fourth-order valence-corrected chi connectivity index (χ4v) is 2.79. The summed E-state index contributed by atoms with van der Waals surface area (Å²) in [6, 6.07) is 1.88. The summed E-state index contributed by atoms with van der Waals surface area (Å²) in [5.41, 5.74) is 0.927. The van der Waals surface area contributed by atoms with E-state index in [2.05, 4.69) is 42.3 Å². The molecule has 0 aliphatic rings. The summed E-state index contributed by atoms with van der Waals surface area (Å²) in [4.78, 5) is 8.86. The predicted molar refractivity (Wildman–Crippen MR) is 87.9 cm³/mol. The van der Waals surface area contributed by atoms with Gasteiger partial charge in [-0.05, 0) is 32.4 Å². The van der Waals surface area contributed by atoms with Crippen molar-refractivity contribution in [2.45, 2.75) is 51.7 Å². The van der Waals surface area contributed by atoms with Gasteiger partial charge in [-0.1, -0.05) is 20.8 Å². The molecule has 0 saturated carbocycles. The molecule has 5 heteroatoms. The molecule has 0 spiro atoms. The molecule has 1 aromatic heterocycles. The summed E-state index contributed by atoms with van der Waals surface area (Å²) >= 11 is 1.91. The van der Waals surface area contributed by atoms with E-state index in [9.17, 15) is 0 Å². The predicted octanol–water partition coefficient (Wildman–Crippen LogP) is 3.91. The summed E-state index contributed by atoms with van der Waals surface area (Å²) in [5.74, 6) is 1.32. The SMILES string of the molecule is CCCOc1cc(C)nc(NCC(CC)(CC)SC)n1. The molecule has 4 nitrogen and oxygen atoms in total. The number of thioether (sulfide) groups is 1. The van der Waals surface area contributed by atoms with Gasteiger partial charge < -0.3 is 10.1 Å². The van der Waals surface area contributed by atoms with Crippen LogP contribution < -0.4 is 10.1 Å². The van der Waals surface area contributed by atoms with Gasteiger partial charge in [0.2, 0.25) is 11.8 Å². The van der Waals surface area contributed by atoms with Crippen molar-refractivity contribution in [2.24, 2.45) is 0 Å². The molecular weight excluding hydrogens is 270 g/mol. The third-order valence-corrected chi connectivity index (χ3v) is 5.16. The third kappa shape index (κ3) is 4.85. The van der Waals surface area contributed by atoms with Gasteiger partial charge in [-0.2, -0.15) is 16.7 Å². The molecule has 1 aromatic rings. The zero-order valence-electron chi connectivity index (χ0n) is 13.3. The molecular formula is C15H27N3OS. The smallest absolute Gasteiger partial charge is 0.226 e. The summed E-state index contributed by atoms with van der Waals surface area (Å²) in [6.45, 7) is 10.1. The third-order valence-electron chi connectivity index (χ3n) is 3.58. The molecule has 0 amide bonds. The van der Waals surface area contributed by atoms with Crippen LogP contribution in [0.5, 0.6) is 5.88 Å². The molecule has 0 fully saturated rings. The molecule has 0 aliphatic carbocycles. The highest BCUT2D eigenvalue weighted by molar-refractivity contribution is 8.00. The molecule has 0 atom stereocenters. The Morgan fingerprint density at radius 2 is 1.95 bits per heavy atom. The Balaban J connectivity index is 2.74. The first kappa shape index (κ1) is 17.1. The Kier molecular flexibility index (Phi) is 7.13. The van der Waals surface area contributed by atoms with Crippen LogP contribution >= 0.6 is 11.8 Å². The molecule has 0 aromatic carbocycles. The Hall–Kier alpha value is -0.970. The molecule has 0 unspecified atom stereocenters. The maximum Gasteiger partial charge on any atom is 0.226 e. The van der Waals surface area contributed by atoms with Crippen molar-refractivity contribution in [3.05, 3.63) is 11.8 Å². The minimum atomic E-state index is 0.248. The van der Waals surface area contributed by atoms with Crippen LogP contribution in [-0.4, -0.2) is 34.1 Å². The number of hydrogen-bond donors (Lipinski definition) is 1. The van der Waals surface area contributed by atoms with Crippen LogP contribution in [0.4, 0.5) is 5.95 Å². The number of rotatable bonds is 9. The van der Waals surface area contributed by atoms with Crippen molar-refractivity contribution < 1.29 is 4.74 Å². The Bertz CT molecular complexity index is 400. The zero-order chi connectivity index (χ0) is 15.0. The highest BCUT2D eigenvalue weighted by Crippen LogP contribution is 2.30. The first-order valence-electron chi connectivity index (χ1n) is 7.36. The van der Waals surface area contributed by atoms with E-state index in [0.717, 1.165) is 31.5 Å². The molecule has 0 radical (unpaired) electrons. The van der Waals surface area contributed by atoms with E-state index in [1.807, 2.05) is 24.8 Å². The monoisotopic (exact) mass is 297 g/mol. The number of ether oxygens (including phenoxy) is 1. The average molecular weight is 297 g/mol. The van der Waals surface area contributed by atoms with E-state index < -0.39 is 0 Å². The van der Waals surface area contributed by atoms with E-state index in [0.29, 0.717) is 18.4 Å². The Morgan fingerprint density at radius 1 is 1.25 bits per heavy atom. The normalized spacial score (nSPS) is 11.4. The van der Waals surface area contributed by atoms with E-state index in [1.165, 1.54) is 0 Å². The van der Waals surface area contributed by atoms with Crippen LogP contribution in [0.15, 0.2) is 6.07 Å². The molecule has 114 valence electrons. The van der Waals surface area contributed by atoms with Gasteiger partial charge in [0.1, 0.15) is 0 Å². The second-order valence-electron chi connectivity index (χ2n) is 4.97. The molecule has 0 saturated heterocycles. The minimum absolute atomic E-state index is 0.248. The average Bonchev–Trinajstić information content (AvgIpc) is 2.47. The van der Waals surface area contributed by atoms with Crippen molar-refractivity contribution in [3.63, 3.8) is 0 Å². The second kappa shape index (κ2) is 8.35. The van der Waals surface area contributed by atoms with Crippen LogP contribution in [0.25, 0.3) is 0 Å². The van der Waals surface area contributed by atoms with Crippen molar-refractivity contribution in [1.29, 1.82) is 0 Å². The van der Waals surface area contributed by atoms with E-state index in [-0.39, 0.29) is 4.75 Å². The van der Waals surface area contributed by atoms with Crippen LogP contribution in [0.3, 0.4) is 0 Å². The van der Waals surface area contributed by atoms with Gasteiger partial charge in [-0.3, -0.25) is 0 Å². The van der Waals surface area contributed by atoms with Gasteiger partial charge in [-0.25, -0.2) is 4.98 Å². The first-order chi connectivity index (χ1) is 9.59. The maximum absolute atomic E-state index is 5.59. The lowest BCUT2D eigenvalue weighted by Gasteiger charge is -2.29. The van der Waals surface area contributed by atoms with Crippen LogP contribution in [0, 0.1) is 6.92 Å². The standard InChI is InChI=1S/C15H27N3OS/c1-6-9-19-13-10-12(4)17-14(18-13)16-11-15(7-2,8-3)20-5/h10H,6-9,11H2,1-5H3,(H,16,17,18). The minimum Gasteiger partial charge on any atom is -0.478 e. The summed E-state index contributed by atoms with van der Waals surface area (Å²) in [6.07, 6.45) is 5.40. The molecule has 0 aliphatic heterocycles. The second-order valence-corrected chi connectivity index (χ2v) is 6.24. The lowest BCUT2D eigenvalue weighted by Crippen LogP contribution is -2.32. The van der Waals surface area contributed by atoms with E-state index in [4.69, 9.17) is 4.74 Å². The number of nitrogens with one attached hydrogen (secondary N) is 1. The molecule has 1 rings (SSSR count). The van der Waals surface area contributed by atoms with E-state index in [1.54, 1.807) is 0 Å². The number of aryl methyl sites for hydroxylation is 1. The lowest BCUT2D eigenvalue weighted by molar-refractivity contribution is 0.305. The Labute approximate surface area is 127 Å². The van der Waals surface area contributed by atoms with Gasteiger partial charge in [0.15, 0.2) is 0 Å². The fourth-order valence-electron chi connectivity index (χ4n) is 2.00. The number of hydrogen-bond acceptors (Lipinski definition) is 5. The van der Waals surface area contributed by atoms with Crippen LogP contribution in [0.2, 0.25) is 0 Å². The molecule has 1 heterocycles. The lowest BCUT2D eigenvalue weighted by atomic mass is 10.0. The summed E-state index contributed by atoms with van der Waals surface area (Å²) in [5, 5.41) is 3.37.